The maximum atomic E-state index is 11.9. The Kier molecular flexibility index (Phi) is 8.42. The molecule has 7 nitrogen and oxygen atoms in total. The highest BCUT2D eigenvalue weighted by Crippen LogP contribution is 2.30. The van der Waals surface area contributed by atoms with E-state index in [-0.39, 0.29) is 30.0 Å². The Morgan fingerprint density at radius 3 is 2.42 bits per heavy atom. The predicted molar refractivity (Wildman–Crippen MR) is 115 cm³/mol. The summed E-state index contributed by atoms with van der Waals surface area (Å²) in [5, 5.41) is 3.39. The van der Waals surface area contributed by atoms with Crippen LogP contribution in [0.4, 0.5) is 0 Å². The molecule has 0 spiro atoms. The van der Waals surface area contributed by atoms with Gasteiger partial charge in [0.1, 0.15) is 0 Å². The molecule has 0 radical (unpaired) electrons. The Labute approximate surface area is 175 Å². The van der Waals surface area contributed by atoms with Crippen molar-refractivity contribution in [2.24, 2.45) is 10.9 Å². The molecule has 1 atom stereocenters. The second-order valence-electron chi connectivity index (χ2n) is 7.56. The van der Waals surface area contributed by atoms with Crippen LogP contribution in [0.3, 0.4) is 0 Å². The third-order valence-corrected chi connectivity index (χ3v) is 6.80. The Morgan fingerprint density at radius 1 is 1.15 bits per heavy atom. The number of sulfonamides is 1. The van der Waals surface area contributed by atoms with E-state index < -0.39 is 10.0 Å². The summed E-state index contributed by atoms with van der Waals surface area (Å²) in [7, 11) is -1.33. The molecule has 2 heterocycles. The number of hydrogen-bond acceptors (Lipinski definition) is 4. The normalized spacial score (nSPS) is 26.0. The third-order valence-electron chi connectivity index (χ3n) is 5.46. The van der Waals surface area contributed by atoms with Crippen LogP contribution in [0.5, 0.6) is 0 Å². The van der Waals surface area contributed by atoms with Crippen molar-refractivity contribution in [3.05, 3.63) is 0 Å². The van der Waals surface area contributed by atoms with Crippen molar-refractivity contribution < 1.29 is 13.2 Å². The summed E-state index contributed by atoms with van der Waals surface area (Å²) < 4.78 is 31.3. The maximum absolute atomic E-state index is 11.9. The molecule has 3 aliphatic rings. The number of rotatable bonds is 6. The highest BCUT2D eigenvalue weighted by atomic mass is 127. The number of ether oxygens (including phenoxy) is 1. The van der Waals surface area contributed by atoms with E-state index in [2.05, 4.69) is 15.2 Å². The first kappa shape index (κ1) is 22.2. The smallest absolute Gasteiger partial charge is 0.211 e. The maximum Gasteiger partial charge on any atom is 0.211 e. The zero-order valence-electron chi connectivity index (χ0n) is 15.9. The van der Waals surface area contributed by atoms with Gasteiger partial charge in [0.05, 0.1) is 12.4 Å². The van der Waals surface area contributed by atoms with Gasteiger partial charge in [0.15, 0.2) is 5.96 Å². The lowest BCUT2D eigenvalue weighted by Crippen LogP contribution is -2.50. The van der Waals surface area contributed by atoms with Crippen molar-refractivity contribution >= 4 is 40.0 Å². The molecule has 9 heteroatoms. The largest absolute Gasteiger partial charge is 0.378 e. The number of hydrogen-bond donors (Lipinski definition) is 1. The van der Waals surface area contributed by atoms with E-state index >= 15 is 0 Å². The van der Waals surface area contributed by atoms with Gasteiger partial charge in [0.2, 0.25) is 10.0 Å². The minimum atomic E-state index is -3.12. The minimum Gasteiger partial charge on any atom is -0.378 e. The first-order valence-corrected chi connectivity index (χ1v) is 11.4. The van der Waals surface area contributed by atoms with Gasteiger partial charge in [-0.1, -0.05) is 0 Å². The van der Waals surface area contributed by atoms with Gasteiger partial charge in [-0.05, 0) is 44.4 Å². The molecule has 0 aromatic rings. The summed E-state index contributed by atoms with van der Waals surface area (Å²) in [4.78, 5) is 6.65. The Morgan fingerprint density at radius 2 is 1.85 bits per heavy atom. The topological polar surface area (TPSA) is 74.2 Å². The van der Waals surface area contributed by atoms with Gasteiger partial charge in [-0.2, -0.15) is 4.31 Å². The SMILES string of the molecule is CN=C(NC[C@H]1CCCN1S(C)(=O)=O)N1CCC(OCC2CC2)CC1.I. The van der Waals surface area contributed by atoms with Crippen molar-refractivity contribution in [3.8, 4) is 0 Å². The van der Waals surface area contributed by atoms with Crippen LogP contribution in [0.2, 0.25) is 0 Å². The van der Waals surface area contributed by atoms with Crippen molar-refractivity contribution in [1.29, 1.82) is 0 Å². The van der Waals surface area contributed by atoms with Gasteiger partial charge in [-0.25, -0.2) is 8.42 Å². The van der Waals surface area contributed by atoms with Crippen molar-refractivity contribution in [1.82, 2.24) is 14.5 Å². The van der Waals surface area contributed by atoms with Crippen LogP contribution in [0, 0.1) is 5.92 Å². The predicted octanol–water partition coefficient (Wildman–Crippen LogP) is 1.49. The summed E-state index contributed by atoms with van der Waals surface area (Å²) >= 11 is 0. The molecule has 3 rings (SSSR count). The average Bonchev–Trinajstić information content (AvgIpc) is 3.29. The Hall–Kier alpha value is -0.130. The molecule has 2 saturated heterocycles. The Balaban J connectivity index is 0.00000243. The lowest BCUT2D eigenvalue weighted by molar-refractivity contribution is 0.0131. The molecule has 1 aliphatic carbocycles. The molecule has 0 bridgehead atoms. The van der Waals surface area contributed by atoms with Gasteiger partial charge in [-0.3, -0.25) is 4.99 Å². The molecule has 26 heavy (non-hydrogen) atoms. The lowest BCUT2D eigenvalue weighted by Gasteiger charge is -2.35. The molecule has 0 unspecified atom stereocenters. The van der Waals surface area contributed by atoms with E-state index in [9.17, 15) is 8.42 Å². The zero-order chi connectivity index (χ0) is 17.9. The highest BCUT2D eigenvalue weighted by Gasteiger charge is 2.32. The van der Waals surface area contributed by atoms with E-state index in [1.165, 1.54) is 19.1 Å². The monoisotopic (exact) mass is 500 g/mol. The van der Waals surface area contributed by atoms with E-state index in [0.717, 1.165) is 57.3 Å². The standard InChI is InChI=1S/C17H32N4O3S.HI/c1-18-17(19-12-15-4-3-9-21(15)25(2,22)23)20-10-7-16(8-11-20)24-13-14-5-6-14;/h14-16H,3-13H2,1-2H3,(H,18,19);1H/t15-;/m1./s1. The average molecular weight is 500 g/mol. The third kappa shape index (κ3) is 6.20. The second kappa shape index (κ2) is 9.88. The molecule has 1 N–H and O–H groups in total. The zero-order valence-corrected chi connectivity index (χ0v) is 19.0. The van der Waals surface area contributed by atoms with E-state index in [1.807, 2.05) is 0 Å². The van der Waals surface area contributed by atoms with Crippen molar-refractivity contribution in [2.45, 2.75) is 50.7 Å². The highest BCUT2D eigenvalue weighted by molar-refractivity contribution is 14.0. The summed E-state index contributed by atoms with van der Waals surface area (Å²) in [5.74, 6) is 1.69. The van der Waals surface area contributed by atoms with Crippen LogP contribution in [0.1, 0.15) is 38.5 Å². The molecule has 0 aromatic carbocycles. The van der Waals surface area contributed by atoms with Crippen LogP contribution in [0.25, 0.3) is 0 Å². The van der Waals surface area contributed by atoms with Crippen LogP contribution < -0.4 is 5.32 Å². The van der Waals surface area contributed by atoms with Gasteiger partial charge >= 0.3 is 0 Å². The minimum absolute atomic E-state index is 0. The fourth-order valence-corrected chi connectivity index (χ4v) is 4.96. The van der Waals surface area contributed by atoms with Crippen LogP contribution >= 0.6 is 24.0 Å². The fraction of sp³-hybridized carbons (Fsp3) is 0.941. The van der Waals surface area contributed by atoms with E-state index in [1.54, 1.807) is 11.4 Å². The Bertz CT molecular complexity index is 575. The quantitative estimate of drug-likeness (QED) is 0.340. The number of nitrogens with zero attached hydrogens (tertiary/aromatic N) is 3. The second-order valence-corrected chi connectivity index (χ2v) is 9.50. The van der Waals surface area contributed by atoms with E-state index in [4.69, 9.17) is 4.74 Å². The number of nitrogens with one attached hydrogen (secondary N) is 1. The number of halogens is 1. The first-order valence-electron chi connectivity index (χ1n) is 9.51. The van der Waals surface area contributed by atoms with Crippen LogP contribution in [-0.4, -0.2) is 81.8 Å². The molecule has 1 saturated carbocycles. The van der Waals surface area contributed by atoms with Gasteiger partial charge in [-0.15, -0.1) is 24.0 Å². The molecule has 152 valence electrons. The first-order chi connectivity index (χ1) is 12.0. The summed E-state index contributed by atoms with van der Waals surface area (Å²) in [5.41, 5.74) is 0. The van der Waals surface area contributed by atoms with Crippen molar-refractivity contribution in [3.63, 3.8) is 0 Å². The number of aliphatic imine (C=N–C) groups is 1. The summed E-state index contributed by atoms with van der Waals surface area (Å²) in [6.45, 7) is 4.07. The van der Waals surface area contributed by atoms with Gasteiger partial charge in [0, 0.05) is 45.9 Å². The van der Waals surface area contributed by atoms with Crippen LogP contribution in [0.15, 0.2) is 4.99 Å². The molecule has 3 fully saturated rings. The molecule has 0 aromatic heterocycles. The van der Waals surface area contributed by atoms with Crippen molar-refractivity contribution in [2.75, 3.05) is 46.1 Å². The van der Waals surface area contributed by atoms with E-state index in [0.29, 0.717) is 19.2 Å². The number of likely N-dealkylation sites (tertiary alicyclic amines) is 1. The molecule has 2 aliphatic heterocycles. The molecule has 0 amide bonds. The lowest BCUT2D eigenvalue weighted by atomic mass is 10.1. The van der Waals surface area contributed by atoms with Crippen LogP contribution in [-0.2, 0) is 14.8 Å². The van der Waals surface area contributed by atoms with Gasteiger partial charge < -0.3 is 15.0 Å². The molecular weight excluding hydrogens is 467 g/mol. The summed E-state index contributed by atoms with van der Waals surface area (Å²) in [6.07, 6.45) is 8.26. The molecular formula is C17H33IN4O3S. The number of piperidine rings is 1. The fourth-order valence-electron chi connectivity index (χ4n) is 3.78. The van der Waals surface area contributed by atoms with Gasteiger partial charge in [0.25, 0.3) is 0 Å². The number of guanidine groups is 1. The summed E-state index contributed by atoms with van der Waals surface area (Å²) in [6, 6.07) is 0.0335.